The average molecular weight is 253 g/mol. The van der Waals surface area contributed by atoms with E-state index in [1.165, 1.54) is 0 Å². The summed E-state index contributed by atoms with van der Waals surface area (Å²) < 4.78 is 5.64. The van der Waals surface area contributed by atoms with Gasteiger partial charge in [-0.05, 0) is 18.2 Å². The normalized spacial score (nSPS) is 10.4. The summed E-state index contributed by atoms with van der Waals surface area (Å²) in [4.78, 5) is 12.3. The number of nitrogens with zero attached hydrogens (tertiary/aromatic N) is 3. The Kier molecular flexibility index (Phi) is 2.91. The van der Waals surface area contributed by atoms with E-state index < -0.39 is 0 Å². The molecule has 2 aromatic heterocycles. The van der Waals surface area contributed by atoms with Crippen molar-refractivity contribution in [1.82, 2.24) is 15.0 Å². The zero-order valence-corrected chi connectivity index (χ0v) is 9.95. The molecule has 3 N–H and O–H groups in total. The van der Waals surface area contributed by atoms with Crippen molar-refractivity contribution in [3.63, 3.8) is 0 Å². The lowest BCUT2D eigenvalue weighted by atomic mass is 10.2. The molecule has 1 aromatic carbocycles. The number of ether oxygens (including phenoxy) is 1. The maximum atomic E-state index is 5.64. The number of aromatic nitrogens is 3. The molecule has 0 aliphatic heterocycles. The highest BCUT2D eigenvalue weighted by molar-refractivity contribution is 5.79. The smallest absolute Gasteiger partial charge is 0.240 e. The summed E-state index contributed by atoms with van der Waals surface area (Å²) in [5.74, 6) is 6.62. The molecule has 0 saturated heterocycles. The molecule has 2 heterocycles. The first-order valence-electron chi connectivity index (χ1n) is 5.67. The molecule has 0 unspecified atom stereocenters. The van der Waals surface area contributed by atoms with Gasteiger partial charge in [0.15, 0.2) is 0 Å². The number of benzene rings is 1. The van der Waals surface area contributed by atoms with Crippen LogP contribution in [0, 0.1) is 0 Å². The van der Waals surface area contributed by atoms with Crippen LogP contribution in [0.15, 0.2) is 48.8 Å². The number of hydrazine groups is 1. The molecule has 0 aliphatic rings. The van der Waals surface area contributed by atoms with E-state index in [1.54, 1.807) is 18.5 Å². The van der Waals surface area contributed by atoms with Gasteiger partial charge < -0.3 is 4.74 Å². The van der Waals surface area contributed by atoms with Crippen LogP contribution in [0.4, 0.5) is 5.95 Å². The predicted molar refractivity (Wildman–Crippen MR) is 71.7 cm³/mol. The minimum absolute atomic E-state index is 0.302. The predicted octanol–water partition coefficient (Wildman–Crippen LogP) is 2.10. The Bertz CT molecular complexity index is 716. The topological polar surface area (TPSA) is 86.0 Å². The molecule has 0 aliphatic carbocycles. The van der Waals surface area contributed by atoms with Gasteiger partial charge in [0, 0.05) is 29.9 Å². The van der Waals surface area contributed by atoms with E-state index in [9.17, 15) is 0 Å². The van der Waals surface area contributed by atoms with Crippen molar-refractivity contribution in [3.05, 3.63) is 48.8 Å². The number of nitrogens with two attached hydrogens (primary N) is 1. The van der Waals surface area contributed by atoms with Gasteiger partial charge in [0.05, 0.1) is 5.52 Å². The largest absolute Gasteiger partial charge is 0.439 e. The summed E-state index contributed by atoms with van der Waals surface area (Å²) in [6, 6.07) is 11.2. The highest BCUT2D eigenvalue weighted by Gasteiger charge is 2.02. The van der Waals surface area contributed by atoms with Crippen molar-refractivity contribution < 1.29 is 4.74 Å². The molecule has 19 heavy (non-hydrogen) atoms. The molecule has 0 fully saturated rings. The number of rotatable bonds is 3. The summed E-state index contributed by atoms with van der Waals surface area (Å²) in [6.07, 6.45) is 3.31. The lowest BCUT2D eigenvalue weighted by Gasteiger charge is -2.06. The zero-order chi connectivity index (χ0) is 13.1. The summed E-state index contributed by atoms with van der Waals surface area (Å²) in [5.41, 5.74) is 3.24. The zero-order valence-electron chi connectivity index (χ0n) is 9.95. The SMILES string of the molecule is NNc1nccc(Oc2ccc3cccnc3c2)n1. The quantitative estimate of drug-likeness (QED) is 0.549. The lowest BCUT2D eigenvalue weighted by molar-refractivity contribution is 0.463. The van der Waals surface area contributed by atoms with Crippen LogP contribution < -0.4 is 16.0 Å². The minimum Gasteiger partial charge on any atom is -0.439 e. The van der Waals surface area contributed by atoms with Crippen LogP contribution >= 0.6 is 0 Å². The highest BCUT2D eigenvalue weighted by atomic mass is 16.5. The Morgan fingerprint density at radius 3 is 2.89 bits per heavy atom. The molecule has 6 nitrogen and oxygen atoms in total. The average Bonchev–Trinajstić information content (AvgIpc) is 2.47. The molecular weight excluding hydrogens is 242 g/mol. The fraction of sp³-hybridized carbons (Fsp3) is 0. The number of hydrogen-bond donors (Lipinski definition) is 2. The van der Waals surface area contributed by atoms with Crippen LogP contribution in [-0.2, 0) is 0 Å². The number of anilines is 1. The van der Waals surface area contributed by atoms with Crippen molar-refractivity contribution in [2.24, 2.45) is 5.84 Å². The van der Waals surface area contributed by atoms with Gasteiger partial charge >= 0.3 is 0 Å². The van der Waals surface area contributed by atoms with Gasteiger partial charge in [-0.2, -0.15) is 4.98 Å². The molecule has 94 valence electrons. The fourth-order valence-corrected chi connectivity index (χ4v) is 1.70. The molecule has 0 spiro atoms. The molecule has 0 atom stereocenters. The van der Waals surface area contributed by atoms with Crippen molar-refractivity contribution >= 4 is 16.9 Å². The van der Waals surface area contributed by atoms with Gasteiger partial charge in [0.2, 0.25) is 11.8 Å². The van der Waals surface area contributed by atoms with Crippen molar-refractivity contribution in [3.8, 4) is 11.6 Å². The Labute approximate surface area is 109 Å². The second-order valence-corrected chi connectivity index (χ2v) is 3.82. The number of pyridine rings is 1. The Hall–Kier alpha value is -2.73. The molecule has 3 rings (SSSR count). The van der Waals surface area contributed by atoms with E-state index in [2.05, 4.69) is 20.4 Å². The fourth-order valence-electron chi connectivity index (χ4n) is 1.70. The summed E-state index contributed by atoms with van der Waals surface area (Å²) in [7, 11) is 0. The van der Waals surface area contributed by atoms with Gasteiger partial charge in [-0.25, -0.2) is 10.8 Å². The number of nitrogens with one attached hydrogen (secondary N) is 1. The number of nitrogen functional groups attached to an aromatic ring is 1. The highest BCUT2D eigenvalue weighted by Crippen LogP contribution is 2.23. The minimum atomic E-state index is 0.302. The Morgan fingerprint density at radius 2 is 2.00 bits per heavy atom. The van der Waals surface area contributed by atoms with Crippen LogP contribution in [-0.4, -0.2) is 15.0 Å². The first-order valence-corrected chi connectivity index (χ1v) is 5.67. The molecule has 3 aromatic rings. The van der Waals surface area contributed by atoms with Gasteiger partial charge in [-0.3, -0.25) is 10.4 Å². The van der Waals surface area contributed by atoms with Gasteiger partial charge in [-0.1, -0.05) is 6.07 Å². The van der Waals surface area contributed by atoms with Gasteiger partial charge in [-0.15, -0.1) is 0 Å². The van der Waals surface area contributed by atoms with E-state index >= 15 is 0 Å². The van der Waals surface area contributed by atoms with E-state index in [4.69, 9.17) is 10.6 Å². The Balaban J connectivity index is 1.92. The third-order valence-corrected chi connectivity index (χ3v) is 2.56. The summed E-state index contributed by atoms with van der Waals surface area (Å²) in [6.45, 7) is 0. The van der Waals surface area contributed by atoms with Crippen LogP contribution in [0.3, 0.4) is 0 Å². The van der Waals surface area contributed by atoms with Gasteiger partial charge in [0.1, 0.15) is 5.75 Å². The lowest BCUT2D eigenvalue weighted by Crippen LogP contribution is -2.10. The third-order valence-electron chi connectivity index (χ3n) is 2.56. The molecular formula is C13H11N5O. The van der Waals surface area contributed by atoms with Crippen molar-refractivity contribution in [2.45, 2.75) is 0 Å². The van der Waals surface area contributed by atoms with E-state index in [-0.39, 0.29) is 0 Å². The maximum absolute atomic E-state index is 5.64. The third kappa shape index (κ3) is 2.43. The summed E-state index contributed by atoms with van der Waals surface area (Å²) >= 11 is 0. The van der Waals surface area contributed by atoms with Crippen LogP contribution in [0.1, 0.15) is 0 Å². The van der Waals surface area contributed by atoms with Crippen molar-refractivity contribution in [2.75, 3.05) is 5.43 Å². The Morgan fingerprint density at radius 1 is 1.05 bits per heavy atom. The monoisotopic (exact) mass is 253 g/mol. The molecule has 0 radical (unpaired) electrons. The number of hydrogen-bond acceptors (Lipinski definition) is 6. The van der Waals surface area contributed by atoms with Crippen LogP contribution in [0.2, 0.25) is 0 Å². The van der Waals surface area contributed by atoms with Crippen molar-refractivity contribution in [1.29, 1.82) is 0 Å². The molecule has 6 heteroatoms. The van der Waals surface area contributed by atoms with Crippen LogP contribution in [0.25, 0.3) is 10.9 Å². The first kappa shape index (κ1) is 11.4. The molecule has 0 saturated carbocycles. The first-order chi connectivity index (χ1) is 9.35. The van der Waals surface area contributed by atoms with E-state index in [0.29, 0.717) is 17.6 Å². The second-order valence-electron chi connectivity index (χ2n) is 3.82. The number of fused-ring (bicyclic) bond motifs is 1. The molecule has 0 bridgehead atoms. The van der Waals surface area contributed by atoms with E-state index in [1.807, 2.05) is 30.3 Å². The molecule has 0 amide bonds. The summed E-state index contributed by atoms with van der Waals surface area (Å²) in [5, 5.41) is 1.06. The van der Waals surface area contributed by atoms with Crippen LogP contribution in [0.5, 0.6) is 11.6 Å². The van der Waals surface area contributed by atoms with Gasteiger partial charge in [0.25, 0.3) is 0 Å². The standard InChI is InChI=1S/C13H11N5O/c14-18-13-16-7-5-12(17-13)19-10-4-3-9-2-1-6-15-11(9)8-10/h1-8H,14H2,(H,16,17,18). The maximum Gasteiger partial charge on any atom is 0.240 e. The van der Waals surface area contributed by atoms with E-state index in [0.717, 1.165) is 10.9 Å². The second kappa shape index (κ2) is 4.87.